The second-order valence-electron chi connectivity index (χ2n) is 6.93. The van der Waals surface area contributed by atoms with E-state index >= 15 is 0 Å². The fourth-order valence-electron chi connectivity index (χ4n) is 3.53. The highest BCUT2D eigenvalue weighted by Crippen LogP contribution is 2.39. The van der Waals surface area contributed by atoms with E-state index in [0.29, 0.717) is 19.6 Å². The normalized spacial score (nSPS) is 14.4. The van der Waals surface area contributed by atoms with Crippen molar-refractivity contribution in [2.24, 2.45) is 0 Å². The van der Waals surface area contributed by atoms with Gasteiger partial charge < -0.3 is 14.6 Å². The van der Waals surface area contributed by atoms with Crippen LogP contribution in [0.2, 0.25) is 0 Å². The second kappa shape index (κ2) is 10.2. The molecule has 0 saturated carbocycles. The average molecular weight is 376 g/mol. The van der Waals surface area contributed by atoms with Gasteiger partial charge in [0.05, 0.1) is 18.8 Å². The lowest BCUT2D eigenvalue weighted by Gasteiger charge is -2.36. The minimum atomic E-state index is -1.01. The Bertz CT molecular complexity index is 805. The Kier molecular flexibility index (Phi) is 7.38. The van der Waals surface area contributed by atoms with Gasteiger partial charge in [0.2, 0.25) is 0 Å². The summed E-state index contributed by atoms with van der Waals surface area (Å²) in [6, 6.07) is 29.9. The summed E-state index contributed by atoms with van der Waals surface area (Å²) in [6.45, 7) is 3.08. The van der Waals surface area contributed by atoms with Gasteiger partial charge in [-0.2, -0.15) is 0 Å². The summed E-state index contributed by atoms with van der Waals surface area (Å²) in [5, 5.41) is 11.6. The molecule has 0 aliphatic heterocycles. The summed E-state index contributed by atoms with van der Waals surface area (Å²) >= 11 is 0. The van der Waals surface area contributed by atoms with E-state index < -0.39 is 5.60 Å². The first-order valence-electron chi connectivity index (χ1n) is 9.76. The smallest absolute Gasteiger partial charge is 0.147 e. The Hall–Kier alpha value is -2.46. The molecule has 3 heteroatoms. The van der Waals surface area contributed by atoms with Crippen LogP contribution in [0.3, 0.4) is 0 Å². The van der Waals surface area contributed by atoms with Crippen LogP contribution in [0.5, 0.6) is 0 Å². The summed E-state index contributed by atoms with van der Waals surface area (Å²) in [7, 11) is 0. The molecule has 0 aliphatic carbocycles. The fourth-order valence-corrected chi connectivity index (χ4v) is 3.53. The molecule has 0 saturated heterocycles. The lowest BCUT2D eigenvalue weighted by Crippen LogP contribution is -2.36. The Morgan fingerprint density at radius 1 is 0.786 bits per heavy atom. The minimum absolute atomic E-state index is 0.187. The van der Waals surface area contributed by atoms with Crippen LogP contribution in [0.25, 0.3) is 0 Å². The zero-order valence-electron chi connectivity index (χ0n) is 16.3. The Morgan fingerprint density at radius 3 is 1.96 bits per heavy atom. The van der Waals surface area contributed by atoms with E-state index in [0.717, 1.165) is 16.7 Å². The van der Waals surface area contributed by atoms with Crippen LogP contribution < -0.4 is 0 Å². The molecule has 1 N–H and O–H groups in total. The molecule has 0 radical (unpaired) electrons. The number of rotatable bonds is 10. The van der Waals surface area contributed by atoms with Crippen LogP contribution in [0.4, 0.5) is 0 Å². The van der Waals surface area contributed by atoms with Gasteiger partial charge in [0.15, 0.2) is 0 Å². The minimum Gasteiger partial charge on any atom is -0.384 e. The van der Waals surface area contributed by atoms with Crippen molar-refractivity contribution in [3.8, 4) is 0 Å². The van der Waals surface area contributed by atoms with Crippen LogP contribution in [-0.4, -0.2) is 18.5 Å². The Labute approximate surface area is 167 Å². The van der Waals surface area contributed by atoms with Crippen LogP contribution in [0.15, 0.2) is 91.0 Å². The van der Waals surface area contributed by atoms with Crippen LogP contribution in [0, 0.1) is 0 Å². The van der Waals surface area contributed by atoms with Gasteiger partial charge >= 0.3 is 0 Å². The van der Waals surface area contributed by atoms with Crippen LogP contribution in [0.1, 0.15) is 36.0 Å². The highest BCUT2D eigenvalue weighted by Gasteiger charge is 2.38. The molecular weight excluding hydrogens is 348 g/mol. The lowest BCUT2D eigenvalue weighted by atomic mass is 9.76. The van der Waals surface area contributed by atoms with E-state index in [1.165, 1.54) is 0 Å². The summed E-state index contributed by atoms with van der Waals surface area (Å²) in [4.78, 5) is 0. The number of aliphatic hydroxyl groups is 1. The number of hydrogen-bond acceptors (Lipinski definition) is 3. The molecule has 146 valence electrons. The predicted molar refractivity (Wildman–Crippen MR) is 112 cm³/mol. The van der Waals surface area contributed by atoms with Crippen molar-refractivity contribution in [2.75, 3.05) is 13.4 Å². The van der Waals surface area contributed by atoms with Crippen molar-refractivity contribution in [1.29, 1.82) is 0 Å². The largest absolute Gasteiger partial charge is 0.384 e. The van der Waals surface area contributed by atoms with E-state index in [1.54, 1.807) is 0 Å². The van der Waals surface area contributed by atoms with Crippen LogP contribution >= 0.6 is 0 Å². The summed E-state index contributed by atoms with van der Waals surface area (Å²) in [5.41, 5.74) is 2.06. The quantitative estimate of drug-likeness (QED) is 0.387. The predicted octanol–water partition coefficient (Wildman–Crippen LogP) is 5.26. The topological polar surface area (TPSA) is 38.7 Å². The van der Waals surface area contributed by atoms with Gasteiger partial charge in [-0.05, 0) is 23.1 Å². The first-order chi connectivity index (χ1) is 13.7. The Balaban J connectivity index is 1.69. The van der Waals surface area contributed by atoms with Gasteiger partial charge in [-0.15, -0.1) is 0 Å². The van der Waals surface area contributed by atoms with Crippen molar-refractivity contribution in [3.63, 3.8) is 0 Å². The van der Waals surface area contributed by atoms with Crippen molar-refractivity contribution in [2.45, 2.75) is 31.5 Å². The average Bonchev–Trinajstić information content (AvgIpc) is 2.77. The van der Waals surface area contributed by atoms with Crippen molar-refractivity contribution in [3.05, 3.63) is 108 Å². The van der Waals surface area contributed by atoms with Gasteiger partial charge in [-0.25, -0.2) is 0 Å². The molecule has 2 atom stereocenters. The molecular formula is C25H28O3. The third-order valence-electron chi connectivity index (χ3n) is 5.15. The van der Waals surface area contributed by atoms with Crippen molar-refractivity contribution >= 4 is 0 Å². The molecule has 3 aromatic rings. The van der Waals surface area contributed by atoms with E-state index in [-0.39, 0.29) is 12.7 Å². The molecule has 0 spiro atoms. The van der Waals surface area contributed by atoms with Gasteiger partial charge in [-0.1, -0.05) is 97.9 Å². The van der Waals surface area contributed by atoms with Gasteiger partial charge in [0.1, 0.15) is 6.79 Å². The van der Waals surface area contributed by atoms with Gasteiger partial charge in [0.25, 0.3) is 0 Å². The third kappa shape index (κ3) is 5.08. The van der Waals surface area contributed by atoms with Gasteiger partial charge in [0, 0.05) is 5.92 Å². The van der Waals surface area contributed by atoms with Crippen LogP contribution in [-0.2, 0) is 21.7 Å². The monoisotopic (exact) mass is 376 g/mol. The molecule has 0 bridgehead atoms. The molecule has 0 fully saturated rings. The van der Waals surface area contributed by atoms with Gasteiger partial charge in [-0.3, -0.25) is 0 Å². The van der Waals surface area contributed by atoms with E-state index in [4.69, 9.17) is 9.47 Å². The first-order valence-corrected chi connectivity index (χ1v) is 9.76. The standard InChI is InChI=1S/C25H28O3/c1-2-25(26,23-16-10-5-11-17-23)24(22-14-8-4-9-15-22)19-28-20-27-18-21-12-6-3-7-13-21/h3-17,24,26H,2,18-20H2,1H3/t24-,25+/m1/s1. The summed E-state index contributed by atoms with van der Waals surface area (Å²) < 4.78 is 11.5. The Morgan fingerprint density at radius 2 is 1.36 bits per heavy atom. The van der Waals surface area contributed by atoms with Crippen molar-refractivity contribution in [1.82, 2.24) is 0 Å². The summed E-state index contributed by atoms with van der Waals surface area (Å²) in [5.74, 6) is -0.193. The number of benzene rings is 3. The maximum absolute atomic E-state index is 11.6. The maximum Gasteiger partial charge on any atom is 0.147 e. The van der Waals surface area contributed by atoms with Crippen molar-refractivity contribution < 1.29 is 14.6 Å². The zero-order chi connectivity index (χ0) is 19.7. The second-order valence-corrected chi connectivity index (χ2v) is 6.93. The molecule has 28 heavy (non-hydrogen) atoms. The van der Waals surface area contributed by atoms with E-state index in [9.17, 15) is 5.11 Å². The molecule has 3 aromatic carbocycles. The molecule has 3 rings (SSSR count). The highest BCUT2D eigenvalue weighted by molar-refractivity contribution is 5.31. The highest BCUT2D eigenvalue weighted by atomic mass is 16.7. The maximum atomic E-state index is 11.6. The third-order valence-corrected chi connectivity index (χ3v) is 5.15. The van der Waals surface area contributed by atoms with E-state index in [1.807, 2.05) is 97.9 Å². The molecule has 0 aromatic heterocycles. The van der Waals surface area contributed by atoms with E-state index in [2.05, 4.69) is 0 Å². The molecule has 0 amide bonds. The zero-order valence-corrected chi connectivity index (χ0v) is 16.3. The SMILES string of the molecule is CC[C@](O)(c1ccccc1)[C@H](COCOCc1ccccc1)c1ccccc1. The first kappa shape index (κ1) is 20.3. The summed E-state index contributed by atoms with van der Waals surface area (Å²) in [6.07, 6.45) is 0.588. The molecule has 0 unspecified atom stereocenters. The number of hydrogen-bond donors (Lipinski definition) is 1. The fraction of sp³-hybridized carbons (Fsp3) is 0.280. The molecule has 0 heterocycles. The lowest BCUT2D eigenvalue weighted by molar-refractivity contribution is -0.0928. The molecule has 3 nitrogen and oxygen atoms in total. The molecule has 0 aliphatic rings. The number of ether oxygens (including phenoxy) is 2.